The predicted octanol–water partition coefficient (Wildman–Crippen LogP) is 2.03. The molecule has 5 nitrogen and oxygen atoms in total. The van der Waals surface area contributed by atoms with Crippen molar-refractivity contribution in [3.05, 3.63) is 0 Å². The van der Waals surface area contributed by atoms with E-state index in [2.05, 4.69) is 0 Å². The molecule has 0 aromatic carbocycles. The number of nitrogens with zero attached hydrogens (tertiary/aromatic N) is 2. The van der Waals surface area contributed by atoms with Gasteiger partial charge in [0, 0.05) is 44.8 Å². The molecule has 0 spiro atoms. The largest absolute Gasteiger partial charge is 0.394 e. The number of alkyl halides is 2. The molecular weight excluding hydrogens is 330 g/mol. The average molecular weight is 358 g/mol. The van der Waals surface area contributed by atoms with Crippen LogP contribution in [-0.2, 0) is 9.59 Å². The normalized spacial score (nSPS) is 35.6. The number of carbonyl (C=O) groups is 2. The molecular formula is C18H28F2N2O3. The molecule has 2 amide bonds. The van der Waals surface area contributed by atoms with Crippen molar-refractivity contribution in [2.75, 3.05) is 19.7 Å². The van der Waals surface area contributed by atoms with E-state index in [0.717, 1.165) is 0 Å². The minimum absolute atomic E-state index is 0.0130. The van der Waals surface area contributed by atoms with Crippen LogP contribution in [0.3, 0.4) is 0 Å². The number of hydrogen-bond donors (Lipinski definition) is 1. The maximum absolute atomic E-state index is 13.3. The molecule has 0 aromatic heterocycles. The molecule has 0 bridgehead atoms. The quantitative estimate of drug-likeness (QED) is 0.822. The van der Waals surface area contributed by atoms with E-state index in [1.807, 2.05) is 6.92 Å². The summed E-state index contributed by atoms with van der Waals surface area (Å²) in [4.78, 5) is 28.4. The first-order chi connectivity index (χ1) is 11.7. The van der Waals surface area contributed by atoms with Crippen LogP contribution in [0.15, 0.2) is 0 Å². The Morgan fingerprint density at radius 1 is 1.20 bits per heavy atom. The van der Waals surface area contributed by atoms with E-state index >= 15 is 0 Å². The number of piperidine rings is 1. The molecule has 2 heterocycles. The molecule has 25 heavy (non-hydrogen) atoms. The van der Waals surface area contributed by atoms with Gasteiger partial charge >= 0.3 is 0 Å². The second kappa shape index (κ2) is 6.49. The summed E-state index contributed by atoms with van der Waals surface area (Å²) < 4.78 is 26.6. The summed E-state index contributed by atoms with van der Waals surface area (Å²) in [6.45, 7) is 4.43. The molecule has 1 saturated carbocycles. The fourth-order valence-corrected chi connectivity index (χ4v) is 5.12. The van der Waals surface area contributed by atoms with Crippen molar-refractivity contribution in [1.82, 2.24) is 9.80 Å². The molecule has 7 heteroatoms. The molecule has 2 saturated heterocycles. The SMILES string of the molecule is CC(=O)N1[C@H]2CCN(C(=O)C3CCC(F)(F)CC3)C[C@@H]2C[C@]1(C)CO. The molecule has 0 aromatic rings. The highest BCUT2D eigenvalue weighted by atomic mass is 19.3. The van der Waals surface area contributed by atoms with Gasteiger partial charge in [0.25, 0.3) is 0 Å². The van der Waals surface area contributed by atoms with Crippen LogP contribution in [0.25, 0.3) is 0 Å². The monoisotopic (exact) mass is 358 g/mol. The summed E-state index contributed by atoms with van der Waals surface area (Å²) in [5.41, 5.74) is -0.576. The van der Waals surface area contributed by atoms with Crippen molar-refractivity contribution in [2.24, 2.45) is 11.8 Å². The van der Waals surface area contributed by atoms with E-state index in [9.17, 15) is 23.5 Å². The second-order valence-electron chi connectivity index (χ2n) is 8.28. The summed E-state index contributed by atoms with van der Waals surface area (Å²) >= 11 is 0. The fourth-order valence-electron chi connectivity index (χ4n) is 5.12. The van der Waals surface area contributed by atoms with Crippen LogP contribution < -0.4 is 0 Å². The summed E-state index contributed by atoms with van der Waals surface area (Å²) in [5, 5.41) is 9.77. The van der Waals surface area contributed by atoms with Crippen LogP contribution in [0.2, 0.25) is 0 Å². The van der Waals surface area contributed by atoms with Gasteiger partial charge in [0.05, 0.1) is 12.1 Å². The van der Waals surface area contributed by atoms with Gasteiger partial charge in [-0.2, -0.15) is 0 Å². The molecule has 0 unspecified atom stereocenters. The van der Waals surface area contributed by atoms with Crippen LogP contribution >= 0.6 is 0 Å². The van der Waals surface area contributed by atoms with Crippen LogP contribution in [-0.4, -0.2) is 63.9 Å². The zero-order valence-corrected chi connectivity index (χ0v) is 15.0. The van der Waals surface area contributed by atoms with Crippen molar-refractivity contribution < 1.29 is 23.5 Å². The van der Waals surface area contributed by atoms with E-state index in [-0.39, 0.29) is 62.0 Å². The Kier molecular flexibility index (Phi) is 4.81. The summed E-state index contributed by atoms with van der Waals surface area (Å²) in [7, 11) is 0. The average Bonchev–Trinajstić information content (AvgIpc) is 2.86. The highest BCUT2D eigenvalue weighted by Gasteiger charge is 2.52. The molecule has 3 atom stereocenters. The number of aliphatic hydroxyl groups excluding tert-OH is 1. The van der Waals surface area contributed by atoms with Crippen molar-refractivity contribution >= 4 is 11.8 Å². The fraction of sp³-hybridized carbons (Fsp3) is 0.889. The first-order valence-electron chi connectivity index (χ1n) is 9.24. The van der Waals surface area contributed by atoms with Gasteiger partial charge in [-0.25, -0.2) is 8.78 Å². The van der Waals surface area contributed by atoms with Gasteiger partial charge < -0.3 is 14.9 Å². The van der Waals surface area contributed by atoms with Crippen LogP contribution in [0.4, 0.5) is 8.78 Å². The molecule has 0 radical (unpaired) electrons. The predicted molar refractivity (Wildman–Crippen MR) is 88.0 cm³/mol. The van der Waals surface area contributed by atoms with Crippen molar-refractivity contribution in [3.63, 3.8) is 0 Å². The first-order valence-corrected chi connectivity index (χ1v) is 9.24. The van der Waals surface area contributed by atoms with Gasteiger partial charge in [0.15, 0.2) is 0 Å². The number of rotatable bonds is 2. The summed E-state index contributed by atoms with van der Waals surface area (Å²) in [6.07, 6.45) is 1.46. The topological polar surface area (TPSA) is 60.9 Å². The molecule has 3 rings (SSSR count). The van der Waals surface area contributed by atoms with Gasteiger partial charge in [-0.15, -0.1) is 0 Å². The Labute approximate surface area is 147 Å². The van der Waals surface area contributed by atoms with Crippen LogP contribution in [0, 0.1) is 11.8 Å². The lowest BCUT2D eigenvalue weighted by atomic mass is 9.84. The highest BCUT2D eigenvalue weighted by Crippen LogP contribution is 2.43. The van der Waals surface area contributed by atoms with Gasteiger partial charge in [0.1, 0.15) is 0 Å². The Morgan fingerprint density at radius 3 is 2.40 bits per heavy atom. The van der Waals surface area contributed by atoms with Crippen molar-refractivity contribution in [1.29, 1.82) is 0 Å². The molecule has 142 valence electrons. The number of likely N-dealkylation sites (tertiary alicyclic amines) is 2. The molecule has 1 aliphatic carbocycles. The van der Waals surface area contributed by atoms with Crippen LogP contribution in [0.5, 0.6) is 0 Å². The van der Waals surface area contributed by atoms with E-state index in [1.54, 1.807) is 9.80 Å². The number of aliphatic hydroxyl groups is 1. The summed E-state index contributed by atoms with van der Waals surface area (Å²) in [5.74, 6) is -2.84. The Morgan fingerprint density at radius 2 is 1.84 bits per heavy atom. The third-order valence-electron chi connectivity index (χ3n) is 6.37. The van der Waals surface area contributed by atoms with E-state index in [1.165, 1.54) is 6.92 Å². The lowest BCUT2D eigenvalue weighted by Gasteiger charge is -2.41. The number of hydrogen-bond acceptors (Lipinski definition) is 3. The molecule has 3 aliphatic rings. The highest BCUT2D eigenvalue weighted by molar-refractivity contribution is 5.79. The second-order valence-corrected chi connectivity index (χ2v) is 8.28. The lowest BCUT2D eigenvalue weighted by molar-refractivity contribution is -0.143. The minimum atomic E-state index is -2.62. The Balaban J connectivity index is 1.66. The van der Waals surface area contributed by atoms with Crippen LogP contribution in [0.1, 0.15) is 52.4 Å². The first kappa shape index (κ1) is 18.5. The molecule has 1 N–H and O–H groups in total. The van der Waals surface area contributed by atoms with Crippen molar-refractivity contribution in [3.8, 4) is 0 Å². The smallest absolute Gasteiger partial charge is 0.248 e. The Bertz CT molecular complexity index is 546. The van der Waals surface area contributed by atoms with E-state index in [0.29, 0.717) is 25.9 Å². The Hall–Kier alpha value is -1.24. The zero-order valence-electron chi connectivity index (χ0n) is 15.0. The number of halogens is 2. The third kappa shape index (κ3) is 3.39. The number of fused-ring (bicyclic) bond motifs is 1. The van der Waals surface area contributed by atoms with E-state index < -0.39 is 11.5 Å². The molecule has 3 fully saturated rings. The summed E-state index contributed by atoms with van der Waals surface area (Å²) in [6, 6.07) is 0.0504. The maximum Gasteiger partial charge on any atom is 0.248 e. The van der Waals surface area contributed by atoms with Crippen molar-refractivity contribution in [2.45, 2.75) is 69.9 Å². The number of amides is 2. The van der Waals surface area contributed by atoms with Gasteiger partial charge in [-0.3, -0.25) is 9.59 Å². The standard InChI is InChI=1S/C18H28F2N2O3/c1-12(24)22-15-5-8-21(10-14(15)9-17(22,2)11-23)16(25)13-3-6-18(19,20)7-4-13/h13-15,23H,3-11H2,1-2H3/t14-,15-,17+/m0/s1. The van der Waals surface area contributed by atoms with Gasteiger partial charge in [0.2, 0.25) is 17.7 Å². The minimum Gasteiger partial charge on any atom is -0.394 e. The van der Waals surface area contributed by atoms with Gasteiger partial charge in [-0.05, 0) is 38.5 Å². The maximum atomic E-state index is 13.3. The zero-order chi connectivity index (χ0) is 18.4. The third-order valence-corrected chi connectivity index (χ3v) is 6.37. The lowest BCUT2D eigenvalue weighted by Crippen LogP contribution is -2.54. The number of carbonyl (C=O) groups excluding carboxylic acids is 2. The van der Waals surface area contributed by atoms with Gasteiger partial charge in [-0.1, -0.05) is 0 Å². The molecule has 2 aliphatic heterocycles. The van der Waals surface area contributed by atoms with E-state index in [4.69, 9.17) is 0 Å².